The van der Waals surface area contributed by atoms with Crippen molar-refractivity contribution >= 4 is 33.7 Å². The van der Waals surface area contributed by atoms with Crippen LogP contribution in [0.5, 0.6) is 0 Å². The Kier molecular flexibility index (Phi) is 3.31. The number of amides is 1. The topological polar surface area (TPSA) is 134 Å². The van der Waals surface area contributed by atoms with Crippen molar-refractivity contribution in [3.05, 3.63) is 64.8 Å². The maximum atomic E-state index is 12.2. The van der Waals surface area contributed by atoms with Crippen molar-refractivity contribution in [3.63, 3.8) is 0 Å². The summed E-state index contributed by atoms with van der Waals surface area (Å²) in [5, 5.41) is 20.7. The Hall–Kier alpha value is -3.88. The van der Waals surface area contributed by atoms with E-state index < -0.39 is 11.6 Å². The van der Waals surface area contributed by atoms with Gasteiger partial charge in [0.05, 0.1) is 5.16 Å². The number of carbonyl (C=O) groups is 1. The molecule has 0 aliphatic rings. The fourth-order valence-electron chi connectivity index (χ4n) is 2.50. The lowest BCUT2D eigenvalue weighted by atomic mass is 10.1. The van der Waals surface area contributed by atoms with E-state index in [0.29, 0.717) is 27.3 Å². The summed E-state index contributed by atoms with van der Waals surface area (Å²) < 4.78 is 10.1. The van der Waals surface area contributed by atoms with Gasteiger partial charge in [0.25, 0.3) is 0 Å². The Morgan fingerprint density at radius 1 is 1.12 bits per heavy atom. The minimum absolute atomic E-state index is 0.0727. The molecule has 0 atom stereocenters. The molecule has 124 valence electrons. The first-order valence-electron chi connectivity index (χ1n) is 7.25. The molecule has 0 aliphatic carbocycles. The molecule has 1 amide bonds. The third-order valence-corrected chi connectivity index (χ3v) is 3.63. The predicted octanol–water partition coefficient (Wildman–Crippen LogP) is 1.04. The Morgan fingerprint density at radius 2 is 1.72 bits per heavy atom. The Morgan fingerprint density at radius 3 is 2.28 bits per heavy atom. The molecule has 4 rings (SSSR count). The zero-order chi connectivity index (χ0) is 17.4. The Labute approximate surface area is 139 Å². The molecule has 2 heterocycles. The van der Waals surface area contributed by atoms with E-state index in [1.54, 1.807) is 12.1 Å². The van der Waals surface area contributed by atoms with E-state index in [0.717, 1.165) is 0 Å². The summed E-state index contributed by atoms with van der Waals surface area (Å²) in [5.74, 6) is -1.15. The summed E-state index contributed by atoms with van der Waals surface area (Å²) in [5.41, 5.74) is 8.52. The van der Waals surface area contributed by atoms with Crippen LogP contribution in [0.25, 0.3) is 21.9 Å². The first kappa shape index (κ1) is 14.7. The van der Waals surface area contributed by atoms with Crippen LogP contribution in [0.4, 0.5) is 5.82 Å². The van der Waals surface area contributed by atoms with Crippen LogP contribution >= 0.6 is 0 Å². The van der Waals surface area contributed by atoms with E-state index in [4.69, 9.17) is 10.2 Å². The maximum absolute atomic E-state index is 12.2. The van der Waals surface area contributed by atoms with E-state index in [9.17, 15) is 10.0 Å². The number of anilines is 1. The first-order chi connectivity index (χ1) is 12.1. The molecule has 2 aromatic carbocycles. The van der Waals surface area contributed by atoms with Crippen molar-refractivity contribution in [3.8, 4) is 0 Å². The molecule has 9 nitrogen and oxygen atoms in total. The van der Waals surface area contributed by atoms with E-state index in [1.807, 2.05) is 36.4 Å². The number of hydrogen-bond acceptors (Lipinski definition) is 7. The quantitative estimate of drug-likeness (QED) is 0.319. The van der Waals surface area contributed by atoms with Crippen LogP contribution < -0.4 is 21.4 Å². The van der Waals surface area contributed by atoms with Gasteiger partial charge in [-0.2, -0.15) is 5.10 Å². The zero-order valence-electron chi connectivity index (χ0n) is 12.7. The van der Waals surface area contributed by atoms with Crippen LogP contribution in [0.2, 0.25) is 0 Å². The van der Waals surface area contributed by atoms with Crippen LogP contribution in [0.15, 0.2) is 62.7 Å². The number of nitrogen functional groups attached to an aromatic ring is 1. The van der Waals surface area contributed by atoms with Crippen LogP contribution in [0.1, 0.15) is 10.5 Å². The van der Waals surface area contributed by atoms with Gasteiger partial charge in [0, 0.05) is 10.8 Å². The van der Waals surface area contributed by atoms with Crippen LogP contribution in [-0.2, 0) is 0 Å². The normalized spacial score (nSPS) is 10.9. The van der Waals surface area contributed by atoms with Crippen LogP contribution in [0, 0.1) is 5.21 Å². The molecule has 2 aromatic heterocycles. The Balaban J connectivity index is 1.89. The zero-order valence-corrected chi connectivity index (χ0v) is 12.7. The number of benzene rings is 2. The number of nitrogens with zero attached hydrogens (tertiary/aromatic N) is 3. The van der Waals surface area contributed by atoms with Crippen molar-refractivity contribution in [1.82, 2.24) is 10.6 Å². The molecular weight excluding hydrogens is 326 g/mol. The minimum atomic E-state index is -0.831. The SMILES string of the molecule is Nc1no[n+]([O-])c1C(=O)NN=c1c2ccccc2oc2ccccc12. The number of nitrogens with one attached hydrogen (secondary N) is 1. The van der Waals surface area contributed by atoms with Gasteiger partial charge < -0.3 is 15.4 Å². The molecule has 0 fully saturated rings. The first-order valence-corrected chi connectivity index (χ1v) is 7.25. The largest absolute Gasteiger partial charge is 0.456 e. The number of fused-ring (bicyclic) bond motifs is 2. The number of nitrogens with two attached hydrogens (primary N) is 1. The average molecular weight is 337 g/mol. The summed E-state index contributed by atoms with van der Waals surface area (Å²) in [6.07, 6.45) is 0. The standard InChI is InChI=1S/C16H11N5O4/c17-15-14(21(23)25-20-15)16(22)19-18-13-9-5-1-3-7-11(9)24-12-8-4-2-6-10(12)13/h1-8H,(H2,17,20)(H,19,22). The van der Waals surface area contributed by atoms with Crippen molar-refractivity contribution in [1.29, 1.82) is 0 Å². The lowest BCUT2D eigenvalue weighted by Crippen LogP contribution is -2.36. The third-order valence-electron chi connectivity index (χ3n) is 3.63. The second-order valence-electron chi connectivity index (χ2n) is 5.16. The highest BCUT2D eigenvalue weighted by Crippen LogP contribution is 2.17. The average Bonchev–Trinajstić information content (AvgIpc) is 2.97. The molecule has 0 saturated heterocycles. The summed E-state index contributed by atoms with van der Waals surface area (Å²) in [7, 11) is 0. The molecule has 3 N–H and O–H groups in total. The van der Waals surface area contributed by atoms with Crippen LogP contribution in [-0.4, -0.2) is 11.1 Å². The smallest absolute Gasteiger partial charge is 0.322 e. The summed E-state index contributed by atoms with van der Waals surface area (Å²) in [6, 6.07) is 14.6. The fourth-order valence-corrected chi connectivity index (χ4v) is 2.50. The highest BCUT2D eigenvalue weighted by atomic mass is 16.8. The summed E-state index contributed by atoms with van der Waals surface area (Å²) in [6.45, 7) is 0. The van der Waals surface area contributed by atoms with Crippen molar-refractivity contribution in [2.75, 3.05) is 5.73 Å². The van der Waals surface area contributed by atoms with Crippen molar-refractivity contribution in [2.45, 2.75) is 0 Å². The van der Waals surface area contributed by atoms with Gasteiger partial charge >= 0.3 is 17.4 Å². The molecule has 4 aromatic rings. The highest BCUT2D eigenvalue weighted by Gasteiger charge is 2.24. The monoisotopic (exact) mass is 337 g/mol. The molecule has 0 unspecified atom stereocenters. The van der Waals surface area contributed by atoms with Gasteiger partial charge in [-0.3, -0.25) is 9.42 Å². The van der Waals surface area contributed by atoms with Crippen molar-refractivity contribution in [2.24, 2.45) is 5.10 Å². The summed E-state index contributed by atoms with van der Waals surface area (Å²) in [4.78, 5) is 12.1. The van der Waals surface area contributed by atoms with E-state index in [1.165, 1.54) is 0 Å². The second-order valence-corrected chi connectivity index (χ2v) is 5.16. The lowest BCUT2D eigenvalue weighted by Gasteiger charge is -2.03. The highest BCUT2D eigenvalue weighted by molar-refractivity contribution is 5.95. The lowest BCUT2D eigenvalue weighted by molar-refractivity contribution is -0.803. The molecule has 0 radical (unpaired) electrons. The van der Waals surface area contributed by atoms with E-state index in [-0.39, 0.29) is 10.7 Å². The summed E-state index contributed by atoms with van der Waals surface area (Å²) >= 11 is 0. The number of rotatable bonds is 2. The van der Waals surface area contributed by atoms with Gasteiger partial charge in [0.1, 0.15) is 16.5 Å². The molecule has 9 heteroatoms. The molecule has 0 spiro atoms. The van der Waals surface area contributed by atoms with Gasteiger partial charge in [-0.05, 0) is 29.2 Å². The van der Waals surface area contributed by atoms with Gasteiger partial charge in [-0.25, -0.2) is 5.43 Å². The third kappa shape index (κ3) is 2.43. The van der Waals surface area contributed by atoms with Gasteiger partial charge in [0.2, 0.25) is 0 Å². The van der Waals surface area contributed by atoms with Crippen molar-refractivity contribution < 1.29 is 18.7 Å². The van der Waals surface area contributed by atoms with Crippen LogP contribution in [0.3, 0.4) is 0 Å². The molecule has 0 saturated carbocycles. The fraction of sp³-hybridized carbons (Fsp3) is 0. The van der Waals surface area contributed by atoms with Gasteiger partial charge in [-0.1, -0.05) is 24.3 Å². The Bertz CT molecular complexity index is 1100. The number of para-hydroxylation sites is 2. The number of hydrogen-bond donors (Lipinski definition) is 2. The van der Waals surface area contributed by atoms with E-state index in [2.05, 4.69) is 20.3 Å². The maximum Gasteiger partial charge on any atom is 0.322 e. The van der Waals surface area contributed by atoms with Gasteiger partial charge in [0.15, 0.2) is 0 Å². The number of aromatic nitrogens is 2. The van der Waals surface area contributed by atoms with Gasteiger partial charge in [-0.15, -0.1) is 0 Å². The second kappa shape index (κ2) is 5.64. The number of carbonyl (C=O) groups excluding carboxylic acids is 1. The molecule has 25 heavy (non-hydrogen) atoms. The predicted molar refractivity (Wildman–Crippen MR) is 86.6 cm³/mol. The molecular formula is C16H11N5O4. The van der Waals surface area contributed by atoms with E-state index >= 15 is 0 Å². The molecule has 0 aliphatic heterocycles. The minimum Gasteiger partial charge on any atom is -0.456 e. The molecule has 0 bridgehead atoms.